The molecule has 2 aliphatic rings. The Bertz CT molecular complexity index is 494. The molecule has 20 heavy (non-hydrogen) atoms. The molecule has 0 bridgehead atoms. The Morgan fingerprint density at radius 1 is 1.45 bits per heavy atom. The molecule has 3 heterocycles. The minimum absolute atomic E-state index is 0.193. The molecular formula is C14H20N4O2. The van der Waals surface area contributed by atoms with Gasteiger partial charge in [0.15, 0.2) is 0 Å². The molecule has 0 aromatic carbocycles. The minimum Gasteiger partial charge on any atom is -0.478 e. The number of nitrogens with zero attached hydrogens (tertiary/aromatic N) is 3. The second-order valence-corrected chi connectivity index (χ2v) is 5.62. The first kappa shape index (κ1) is 13.5. The van der Waals surface area contributed by atoms with Crippen LogP contribution in [-0.4, -0.2) is 51.1 Å². The Hall–Kier alpha value is -1.53. The Morgan fingerprint density at radius 3 is 3.20 bits per heavy atom. The van der Waals surface area contributed by atoms with Crippen molar-refractivity contribution >= 4 is 5.97 Å². The molecule has 2 unspecified atom stereocenters. The van der Waals surface area contributed by atoms with Crippen LogP contribution in [0.5, 0.6) is 0 Å². The predicted octanol–water partition coefficient (Wildman–Crippen LogP) is 0.891. The van der Waals surface area contributed by atoms with E-state index in [1.165, 1.54) is 31.9 Å². The third-order valence-corrected chi connectivity index (χ3v) is 4.40. The molecule has 108 valence electrons. The summed E-state index contributed by atoms with van der Waals surface area (Å²) in [5, 5.41) is 12.6. The van der Waals surface area contributed by atoms with Gasteiger partial charge in [-0.25, -0.2) is 14.8 Å². The maximum atomic E-state index is 11.1. The lowest BCUT2D eigenvalue weighted by Crippen LogP contribution is -2.45. The summed E-state index contributed by atoms with van der Waals surface area (Å²) in [7, 11) is 0. The van der Waals surface area contributed by atoms with E-state index < -0.39 is 5.97 Å². The molecule has 2 N–H and O–H groups in total. The van der Waals surface area contributed by atoms with E-state index in [4.69, 9.17) is 5.11 Å². The first-order valence-corrected chi connectivity index (χ1v) is 7.23. The number of piperidine rings is 1. The lowest BCUT2D eigenvalue weighted by molar-refractivity contribution is 0.0694. The first-order chi connectivity index (χ1) is 9.74. The van der Waals surface area contributed by atoms with Crippen molar-refractivity contribution < 1.29 is 9.90 Å². The van der Waals surface area contributed by atoms with Crippen LogP contribution in [0.1, 0.15) is 41.7 Å². The molecule has 2 atom stereocenters. The maximum Gasteiger partial charge on any atom is 0.339 e. The molecule has 0 saturated carbocycles. The van der Waals surface area contributed by atoms with Crippen LogP contribution >= 0.6 is 0 Å². The molecule has 3 rings (SSSR count). The summed E-state index contributed by atoms with van der Waals surface area (Å²) in [6.07, 6.45) is 7.67. The van der Waals surface area contributed by atoms with Crippen LogP contribution in [0.25, 0.3) is 0 Å². The van der Waals surface area contributed by atoms with Gasteiger partial charge in [0.05, 0.1) is 5.69 Å². The Balaban J connectivity index is 1.58. The predicted molar refractivity (Wildman–Crippen MR) is 73.4 cm³/mol. The van der Waals surface area contributed by atoms with Crippen LogP contribution in [0.2, 0.25) is 0 Å². The van der Waals surface area contributed by atoms with Crippen LogP contribution in [0.3, 0.4) is 0 Å². The highest BCUT2D eigenvalue weighted by atomic mass is 16.4. The molecule has 2 aliphatic heterocycles. The normalized spacial score (nSPS) is 26.4. The highest BCUT2D eigenvalue weighted by Crippen LogP contribution is 2.26. The van der Waals surface area contributed by atoms with E-state index in [-0.39, 0.29) is 5.56 Å². The van der Waals surface area contributed by atoms with Crippen LogP contribution < -0.4 is 5.32 Å². The zero-order valence-corrected chi connectivity index (χ0v) is 11.5. The lowest BCUT2D eigenvalue weighted by atomic mass is 9.97. The molecule has 0 amide bonds. The van der Waals surface area contributed by atoms with E-state index in [0.717, 1.165) is 19.4 Å². The van der Waals surface area contributed by atoms with Crippen molar-refractivity contribution in [3.05, 3.63) is 23.8 Å². The minimum atomic E-state index is -0.965. The second kappa shape index (κ2) is 5.85. The first-order valence-electron chi connectivity index (χ1n) is 7.23. The summed E-state index contributed by atoms with van der Waals surface area (Å²) < 4.78 is 0. The molecular weight excluding hydrogens is 256 g/mol. The third-order valence-electron chi connectivity index (χ3n) is 4.40. The molecule has 1 aromatic rings. The third kappa shape index (κ3) is 2.81. The summed E-state index contributed by atoms with van der Waals surface area (Å²) in [5.41, 5.74) is 0.764. The van der Waals surface area contributed by atoms with Gasteiger partial charge in [-0.1, -0.05) is 0 Å². The number of rotatable bonds is 4. The fraction of sp³-hybridized carbons (Fsp3) is 0.643. The van der Waals surface area contributed by atoms with Crippen LogP contribution in [-0.2, 0) is 6.54 Å². The number of carboxylic acids is 1. The van der Waals surface area contributed by atoms with Gasteiger partial charge in [0.25, 0.3) is 0 Å². The number of fused-ring (bicyclic) bond motifs is 1. The van der Waals surface area contributed by atoms with E-state index >= 15 is 0 Å². The fourth-order valence-electron chi connectivity index (χ4n) is 3.33. The highest BCUT2D eigenvalue weighted by Gasteiger charge is 2.31. The van der Waals surface area contributed by atoms with Crippen molar-refractivity contribution in [2.24, 2.45) is 0 Å². The van der Waals surface area contributed by atoms with Crippen molar-refractivity contribution in [1.82, 2.24) is 20.2 Å². The van der Waals surface area contributed by atoms with Gasteiger partial charge in [0, 0.05) is 24.8 Å². The number of nitrogens with one attached hydrogen (secondary N) is 1. The average molecular weight is 276 g/mol. The van der Waals surface area contributed by atoms with E-state index in [0.29, 0.717) is 24.3 Å². The lowest BCUT2D eigenvalue weighted by Gasteiger charge is -2.35. The largest absolute Gasteiger partial charge is 0.478 e. The van der Waals surface area contributed by atoms with Gasteiger partial charge < -0.3 is 15.3 Å². The topological polar surface area (TPSA) is 78.3 Å². The molecule has 0 spiro atoms. The number of carboxylic acid groups (broad SMARTS) is 1. The van der Waals surface area contributed by atoms with Gasteiger partial charge in [0.1, 0.15) is 11.9 Å². The van der Waals surface area contributed by atoms with Gasteiger partial charge >= 0.3 is 5.97 Å². The Labute approximate surface area is 118 Å². The molecule has 2 fully saturated rings. The number of hydrogen-bond donors (Lipinski definition) is 2. The highest BCUT2D eigenvalue weighted by molar-refractivity contribution is 5.88. The van der Waals surface area contributed by atoms with Crippen molar-refractivity contribution in [3.8, 4) is 0 Å². The SMILES string of the molecule is O=C(O)c1cncnc1CNC1CCN2CCCC2C1. The quantitative estimate of drug-likeness (QED) is 0.850. The molecule has 0 aliphatic carbocycles. The summed E-state index contributed by atoms with van der Waals surface area (Å²) >= 11 is 0. The van der Waals surface area contributed by atoms with Gasteiger partial charge in [-0.15, -0.1) is 0 Å². The van der Waals surface area contributed by atoms with E-state index in [1.807, 2.05) is 0 Å². The van der Waals surface area contributed by atoms with Crippen LogP contribution in [0.4, 0.5) is 0 Å². The van der Waals surface area contributed by atoms with Crippen molar-refractivity contribution in [2.75, 3.05) is 13.1 Å². The van der Waals surface area contributed by atoms with Crippen molar-refractivity contribution in [1.29, 1.82) is 0 Å². The van der Waals surface area contributed by atoms with Crippen molar-refractivity contribution in [2.45, 2.75) is 44.3 Å². The van der Waals surface area contributed by atoms with Crippen LogP contribution in [0.15, 0.2) is 12.5 Å². The maximum absolute atomic E-state index is 11.1. The summed E-state index contributed by atoms with van der Waals surface area (Å²) in [5.74, 6) is -0.965. The zero-order chi connectivity index (χ0) is 13.9. The Morgan fingerprint density at radius 2 is 2.35 bits per heavy atom. The summed E-state index contributed by atoms with van der Waals surface area (Å²) in [4.78, 5) is 21.5. The van der Waals surface area contributed by atoms with E-state index in [2.05, 4.69) is 20.2 Å². The number of aromatic nitrogens is 2. The standard InChI is InChI=1S/C14H20N4O2/c19-14(20)12-7-15-9-17-13(12)8-16-10-3-5-18-4-1-2-11(18)6-10/h7,9-11,16H,1-6,8H2,(H,19,20). The monoisotopic (exact) mass is 276 g/mol. The molecule has 2 saturated heterocycles. The smallest absolute Gasteiger partial charge is 0.339 e. The van der Waals surface area contributed by atoms with Gasteiger partial charge in [0.2, 0.25) is 0 Å². The van der Waals surface area contributed by atoms with Gasteiger partial charge in [-0.3, -0.25) is 0 Å². The van der Waals surface area contributed by atoms with Gasteiger partial charge in [-0.05, 0) is 38.8 Å². The van der Waals surface area contributed by atoms with Crippen LogP contribution in [0, 0.1) is 0 Å². The summed E-state index contributed by atoms with van der Waals surface area (Å²) in [6, 6.07) is 1.18. The molecule has 1 aromatic heterocycles. The number of hydrogen-bond acceptors (Lipinski definition) is 5. The molecule has 6 nitrogen and oxygen atoms in total. The molecule has 6 heteroatoms. The number of carbonyl (C=O) groups is 1. The Kier molecular flexibility index (Phi) is 3.93. The summed E-state index contributed by atoms with van der Waals surface area (Å²) in [6.45, 7) is 2.89. The number of aromatic carboxylic acids is 1. The average Bonchev–Trinajstić information content (AvgIpc) is 2.92. The zero-order valence-electron chi connectivity index (χ0n) is 11.5. The van der Waals surface area contributed by atoms with Crippen molar-refractivity contribution in [3.63, 3.8) is 0 Å². The fourth-order valence-corrected chi connectivity index (χ4v) is 3.33. The van der Waals surface area contributed by atoms with E-state index in [1.54, 1.807) is 0 Å². The van der Waals surface area contributed by atoms with E-state index in [9.17, 15) is 4.79 Å². The second-order valence-electron chi connectivity index (χ2n) is 5.62. The van der Waals surface area contributed by atoms with Gasteiger partial charge in [-0.2, -0.15) is 0 Å². The molecule has 0 radical (unpaired) electrons.